The van der Waals surface area contributed by atoms with Crippen molar-refractivity contribution in [2.24, 2.45) is 0 Å². The second-order valence-corrected chi connectivity index (χ2v) is 4.38. The van der Waals surface area contributed by atoms with Gasteiger partial charge in [0.2, 0.25) is 0 Å². The first-order valence-electron chi connectivity index (χ1n) is 4.22. The van der Waals surface area contributed by atoms with E-state index < -0.39 is 23.8 Å². The predicted octanol–water partition coefficient (Wildman–Crippen LogP) is 2.27. The molecule has 0 heterocycles. The lowest BCUT2D eigenvalue weighted by Gasteiger charge is -2.22. The molecule has 5 heteroatoms. The molecule has 0 amide bonds. The fourth-order valence-corrected chi connectivity index (χ4v) is 1.65. The smallest absolute Gasteiger partial charge is 0.306 e. The molecular formula is C10H10BrFO3. The van der Waals surface area contributed by atoms with E-state index in [-0.39, 0.29) is 5.56 Å². The molecule has 0 spiro atoms. The van der Waals surface area contributed by atoms with Crippen LogP contribution in [0.1, 0.15) is 18.9 Å². The zero-order valence-electron chi connectivity index (χ0n) is 8.00. The third kappa shape index (κ3) is 3.00. The van der Waals surface area contributed by atoms with Crippen LogP contribution < -0.4 is 0 Å². The quantitative estimate of drug-likeness (QED) is 0.891. The van der Waals surface area contributed by atoms with Gasteiger partial charge in [-0.25, -0.2) is 4.39 Å². The van der Waals surface area contributed by atoms with Crippen molar-refractivity contribution in [2.75, 3.05) is 0 Å². The molecule has 1 aromatic rings. The lowest BCUT2D eigenvalue weighted by molar-refractivity contribution is -0.142. The van der Waals surface area contributed by atoms with E-state index in [0.717, 1.165) is 0 Å². The van der Waals surface area contributed by atoms with Gasteiger partial charge in [-0.1, -0.05) is 22.0 Å². The molecule has 1 atom stereocenters. The zero-order valence-corrected chi connectivity index (χ0v) is 9.58. The average Bonchev–Trinajstić information content (AvgIpc) is 1.99. The molecular weight excluding hydrogens is 267 g/mol. The van der Waals surface area contributed by atoms with Crippen LogP contribution in [0.2, 0.25) is 0 Å². The molecule has 82 valence electrons. The summed E-state index contributed by atoms with van der Waals surface area (Å²) in [6.45, 7) is 1.27. The maximum absolute atomic E-state index is 13.4. The summed E-state index contributed by atoms with van der Waals surface area (Å²) >= 11 is 3.08. The number of carboxylic acids is 1. The second kappa shape index (κ2) is 4.28. The molecule has 0 aromatic heterocycles. The topological polar surface area (TPSA) is 57.5 Å². The largest absolute Gasteiger partial charge is 0.481 e. The van der Waals surface area contributed by atoms with Crippen LogP contribution in [0.5, 0.6) is 0 Å². The summed E-state index contributed by atoms with van der Waals surface area (Å²) in [5.74, 6) is -1.81. The molecule has 15 heavy (non-hydrogen) atoms. The standard InChI is InChI=1S/C10H10BrFO3/c1-10(15,5-9(13)14)7-3-2-6(11)4-8(7)12/h2-4,15H,5H2,1H3,(H,13,14). The van der Waals surface area contributed by atoms with Crippen molar-refractivity contribution in [3.05, 3.63) is 34.1 Å². The minimum Gasteiger partial charge on any atom is -0.481 e. The van der Waals surface area contributed by atoms with Crippen LogP contribution in [-0.2, 0) is 10.4 Å². The number of carbonyl (C=O) groups is 1. The lowest BCUT2D eigenvalue weighted by atomic mass is 9.92. The zero-order chi connectivity index (χ0) is 11.6. The maximum Gasteiger partial charge on any atom is 0.306 e. The van der Waals surface area contributed by atoms with Crippen molar-refractivity contribution >= 4 is 21.9 Å². The summed E-state index contributed by atoms with van der Waals surface area (Å²) < 4.78 is 14.0. The van der Waals surface area contributed by atoms with Crippen molar-refractivity contribution in [3.63, 3.8) is 0 Å². The van der Waals surface area contributed by atoms with Gasteiger partial charge in [0.25, 0.3) is 0 Å². The van der Waals surface area contributed by atoms with Crippen molar-refractivity contribution < 1.29 is 19.4 Å². The van der Waals surface area contributed by atoms with E-state index in [2.05, 4.69) is 15.9 Å². The van der Waals surface area contributed by atoms with Crippen LogP contribution in [-0.4, -0.2) is 16.2 Å². The number of carboxylic acid groups (broad SMARTS) is 1. The van der Waals surface area contributed by atoms with E-state index in [4.69, 9.17) is 5.11 Å². The van der Waals surface area contributed by atoms with Crippen LogP contribution in [0.3, 0.4) is 0 Å². The summed E-state index contributed by atoms with van der Waals surface area (Å²) in [6.07, 6.45) is -0.536. The van der Waals surface area contributed by atoms with Crippen molar-refractivity contribution in [1.82, 2.24) is 0 Å². The first-order valence-corrected chi connectivity index (χ1v) is 5.02. The Morgan fingerprint density at radius 2 is 2.20 bits per heavy atom. The Labute approximate surface area is 94.7 Å². The number of hydrogen-bond acceptors (Lipinski definition) is 2. The molecule has 0 saturated heterocycles. The van der Waals surface area contributed by atoms with Crippen LogP contribution in [0.15, 0.2) is 22.7 Å². The average molecular weight is 277 g/mol. The molecule has 0 radical (unpaired) electrons. The molecule has 0 bridgehead atoms. The molecule has 3 nitrogen and oxygen atoms in total. The van der Waals surface area contributed by atoms with E-state index in [1.165, 1.54) is 19.1 Å². The summed E-state index contributed by atoms with van der Waals surface area (Å²) in [4.78, 5) is 10.5. The molecule has 0 aliphatic heterocycles. The number of hydrogen-bond donors (Lipinski definition) is 2. The summed E-state index contributed by atoms with van der Waals surface area (Å²) in [5, 5.41) is 18.4. The van der Waals surface area contributed by atoms with Gasteiger partial charge in [0.05, 0.1) is 6.42 Å². The molecule has 0 aliphatic carbocycles. The highest BCUT2D eigenvalue weighted by molar-refractivity contribution is 9.10. The third-order valence-electron chi connectivity index (χ3n) is 2.01. The summed E-state index contributed by atoms with van der Waals surface area (Å²) in [5.41, 5.74) is -1.72. The molecule has 1 unspecified atom stereocenters. The fourth-order valence-electron chi connectivity index (χ4n) is 1.32. The van der Waals surface area contributed by atoms with Gasteiger partial charge in [-0.3, -0.25) is 4.79 Å². The number of rotatable bonds is 3. The van der Waals surface area contributed by atoms with Gasteiger partial charge in [-0.15, -0.1) is 0 Å². The van der Waals surface area contributed by atoms with Gasteiger partial charge in [-0.05, 0) is 19.1 Å². The molecule has 0 fully saturated rings. The minimum atomic E-state index is -1.70. The van der Waals surface area contributed by atoms with Crippen molar-refractivity contribution in [3.8, 4) is 0 Å². The Hall–Kier alpha value is -0.940. The molecule has 1 rings (SSSR count). The van der Waals surface area contributed by atoms with Crippen LogP contribution in [0.25, 0.3) is 0 Å². The van der Waals surface area contributed by atoms with E-state index in [1.54, 1.807) is 6.07 Å². The van der Waals surface area contributed by atoms with Crippen LogP contribution >= 0.6 is 15.9 Å². The van der Waals surface area contributed by atoms with E-state index in [0.29, 0.717) is 4.47 Å². The first kappa shape index (κ1) is 12.1. The Morgan fingerprint density at radius 3 is 2.67 bits per heavy atom. The van der Waals surface area contributed by atoms with E-state index in [9.17, 15) is 14.3 Å². The number of aliphatic carboxylic acids is 1. The maximum atomic E-state index is 13.4. The van der Waals surface area contributed by atoms with Crippen molar-refractivity contribution in [2.45, 2.75) is 18.9 Å². The number of halogens is 2. The van der Waals surface area contributed by atoms with Gasteiger partial charge in [0.1, 0.15) is 11.4 Å². The monoisotopic (exact) mass is 276 g/mol. The normalized spacial score (nSPS) is 14.7. The van der Waals surface area contributed by atoms with E-state index in [1.807, 2.05) is 0 Å². The Morgan fingerprint density at radius 1 is 1.60 bits per heavy atom. The predicted molar refractivity (Wildman–Crippen MR) is 55.9 cm³/mol. The third-order valence-corrected chi connectivity index (χ3v) is 2.50. The summed E-state index contributed by atoms with van der Waals surface area (Å²) in [6, 6.07) is 4.10. The first-order chi connectivity index (χ1) is 6.83. The Balaban J connectivity index is 3.09. The van der Waals surface area contributed by atoms with Crippen LogP contribution in [0.4, 0.5) is 4.39 Å². The highest BCUT2D eigenvalue weighted by Crippen LogP contribution is 2.28. The highest BCUT2D eigenvalue weighted by Gasteiger charge is 2.29. The highest BCUT2D eigenvalue weighted by atomic mass is 79.9. The lowest BCUT2D eigenvalue weighted by Crippen LogP contribution is -2.26. The van der Waals surface area contributed by atoms with Gasteiger partial charge in [-0.2, -0.15) is 0 Å². The van der Waals surface area contributed by atoms with Gasteiger partial charge in [0, 0.05) is 10.0 Å². The van der Waals surface area contributed by atoms with E-state index >= 15 is 0 Å². The van der Waals surface area contributed by atoms with Crippen molar-refractivity contribution in [1.29, 1.82) is 0 Å². The molecule has 0 saturated carbocycles. The number of benzene rings is 1. The Kier molecular flexibility index (Phi) is 3.46. The SMILES string of the molecule is CC(O)(CC(=O)O)c1ccc(Br)cc1F. The second-order valence-electron chi connectivity index (χ2n) is 3.47. The minimum absolute atomic E-state index is 0.0203. The fraction of sp³-hybridized carbons (Fsp3) is 0.300. The number of aliphatic hydroxyl groups is 1. The van der Waals surface area contributed by atoms with Crippen LogP contribution in [0, 0.1) is 5.82 Å². The van der Waals surface area contributed by atoms with Gasteiger partial charge in [0.15, 0.2) is 0 Å². The summed E-state index contributed by atoms with van der Waals surface area (Å²) in [7, 11) is 0. The van der Waals surface area contributed by atoms with Gasteiger partial charge < -0.3 is 10.2 Å². The molecule has 1 aromatic carbocycles. The molecule has 2 N–H and O–H groups in total. The Bertz CT molecular complexity index is 390. The van der Waals surface area contributed by atoms with Gasteiger partial charge >= 0.3 is 5.97 Å². The molecule has 0 aliphatic rings.